The van der Waals surface area contributed by atoms with E-state index >= 15 is 0 Å². The van der Waals surface area contributed by atoms with Gasteiger partial charge in [-0.1, -0.05) is 55.2 Å². The van der Waals surface area contributed by atoms with E-state index in [0.717, 1.165) is 24.3 Å². The maximum Gasteiger partial charge on any atom is 0.284 e. The van der Waals surface area contributed by atoms with E-state index in [2.05, 4.69) is 9.88 Å². The molecule has 2 aromatic carbocycles. The average molecular weight is 512 g/mol. The van der Waals surface area contributed by atoms with Crippen LogP contribution in [0.4, 0.5) is 0 Å². The molecule has 0 saturated carbocycles. The van der Waals surface area contributed by atoms with Gasteiger partial charge in [0, 0.05) is 24.7 Å². The predicted molar refractivity (Wildman–Crippen MR) is 139 cm³/mol. The molecule has 7 nitrogen and oxygen atoms in total. The summed E-state index contributed by atoms with van der Waals surface area (Å²) < 4.78 is 3.63. The molecule has 2 aromatic rings. The van der Waals surface area contributed by atoms with E-state index in [1.165, 1.54) is 12.8 Å². The van der Waals surface area contributed by atoms with Gasteiger partial charge < -0.3 is 5.11 Å². The fraction of sp³-hybridized carbons (Fsp3) is 0.346. The van der Waals surface area contributed by atoms with Crippen molar-refractivity contribution in [3.63, 3.8) is 0 Å². The second-order valence-electron chi connectivity index (χ2n) is 9.32. The number of phenols is 1. The van der Waals surface area contributed by atoms with Crippen molar-refractivity contribution in [2.24, 2.45) is 7.05 Å². The van der Waals surface area contributed by atoms with Crippen LogP contribution in [0.15, 0.2) is 41.2 Å². The quantitative estimate of drug-likeness (QED) is 0.384. The lowest BCUT2D eigenvalue weighted by molar-refractivity contribution is 0.324. The summed E-state index contributed by atoms with van der Waals surface area (Å²) in [7, 11) is 1.86. The molecular weight excluding hydrogens is 485 g/mol. The van der Waals surface area contributed by atoms with Crippen molar-refractivity contribution in [2.45, 2.75) is 39.2 Å². The van der Waals surface area contributed by atoms with Gasteiger partial charge in [-0.3, -0.25) is 14.4 Å². The maximum atomic E-state index is 13.3. The van der Waals surface area contributed by atoms with Crippen LogP contribution in [-0.4, -0.2) is 42.4 Å². The third-order valence-corrected chi connectivity index (χ3v) is 7.20. The first-order valence-electron chi connectivity index (χ1n) is 11.7. The fourth-order valence-electron chi connectivity index (χ4n) is 4.97. The van der Waals surface area contributed by atoms with E-state index in [0.29, 0.717) is 39.2 Å². The Morgan fingerprint density at radius 3 is 2.37 bits per heavy atom. The second kappa shape index (κ2) is 9.30. The molecule has 3 aliphatic heterocycles. The molecule has 3 aliphatic rings. The summed E-state index contributed by atoms with van der Waals surface area (Å²) in [6, 6.07) is 10.6. The van der Waals surface area contributed by atoms with Crippen LogP contribution in [0.3, 0.4) is 0 Å². The highest BCUT2D eigenvalue weighted by Crippen LogP contribution is 2.37. The minimum atomic E-state index is -0.383. The van der Waals surface area contributed by atoms with Crippen LogP contribution < -0.4 is 5.56 Å². The molecule has 1 N–H and O–H groups in total. The number of likely N-dealkylation sites (tertiary alicyclic amines) is 1. The molecule has 35 heavy (non-hydrogen) atoms. The van der Waals surface area contributed by atoms with Gasteiger partial charge in [-0.2, -0.15) is 4.98 Å². The zero-order chi connectivity index (χ0) is 24.9. The van der Waals surface area contributed by atoms with Gasteiger partial charge in [-0.15, -0.1) is 0 Å². The molecule has 3 heterocycles. The first-order valence-corrected chi connectivity index (χ1v) is 12.5. The van der Waals surface area contributed by atoms with Crippen LogP contribution in [0.2, 0.25) is 10.0 Å². The average Bonchev–Trinajstić information content (AvgIpc) is 3.41. The van der Waals surface area contributed by atoms with E-state index in [-0.39, 0.29) is 23.1 Å². The van der Waals surface area contributed by atoms with Crippen molar-refractivity contribution < 1.29 is 5.11 Å². The number of hydrogen-bond donors (Lipinski definition) is 1. The standard InChI is InChI=1S/C26H27Cl2N5O2/c1-15(2)22-21-25(33(31(22)3)23-18(27)7-6-8-19(23)28)29-24(30-26(21)35)16-9-10-17(20(34)13-16)14-32-11-4-5-12-32/h6-10,13,15,34H,4-5,11-12,14H2,1-3H3. The van der Waals surface area contributed by atoms with Crippen LogP contribution in [0.25, 0.3) is 28.5 Å². The number of halogens is 2. The highest BCUT2D eigenvalue weighted by Gasteiger charge is 2.29. The number of nitrogens with zero attached hydrogens (tertiary/aromatic N) is 5. The normalized spacial score (nSPS) is 14.5. The molecule has 0 aliphatic carbocycles. The minimum absolute atomic E-state index is 0.0288. The summed E-state index contributed by atoms with van der Waals surface area (Å²) in [4.78, 5) is 24.7. The Bertz CT molecular complexity index is 1420. The van der Waals surface area contributed by atoms with Crippen LogP contribution >= 0.6 is 23.2 Å². The number of para-hydroxylation sites is 1. The third kappa shape index (κ3) is 4.22. The van der Waals surface area contributed by atoms with Crippen molar-refractivity contribution in [2.75, 3.05) is 13.1 Å². The first kappa shape index (κ1) is 23.9. The van der Waals surface area contributed by atoms with Crippen molar-refractivity contribution in [1.82, 2.24) is 24.2 Å². The van der Waals surface area contributed by atoms with E-state index in [1.54, 1.807) is 28.9 Å². The Hall–Kier alpha value is -2.87. The molecule has 0 radical (unpaired) electrons. The molecule has 0 atom stereocenters. The number of aromatic hydroxyl groups is 1. The van der Waals surface area contributed by atoms with Crippen molar-refractivity contribution >= 4 is 23.2 Å². The summed E-state index contributed by atoms with van der Waals surface area (Å²) in [6.07, 6.45) is 2.37. The van der Waals surface area contributed by atoms with Gasteiger partial charge in [0.1, 0.15) is 17.0 Å². The van der Waals surface area contributed by atoms with Gasteiger partial charge in [0.2, 0.25) is 0 Å². The van der Waals surface area contributed by atoms with Gasteiger partial charge >= 0.3 is 0 Å². The zero-order valence-electron chi connectivity index (χ0n) is 19.9. The van der Waals surface area contributed by atoms with Crippen LogP contribution in [0.5, 0.6) is 5.75 Å². The summed E-state index contributed by atoms with van der Waals surface area (Å²) in [5.74, 6) is 0.856. The minimum Gasteiger partial charge on any atom is -0.508 e. The number of aromatic nitrogens is 4. The summed E-state index contributed by atoms with van der Waals surface area (Å²) in [6.45, 7) is 6.80. The molecular formula is C26H27Cl2N5O2. The number of phenolic OH excluding ortho intramolecular Hbond substituents is 1. The van der Waals surface area contributed by atoms with E-state index < -0.39 is 0 Å². The maximum absolute atomic E-state index is 13.3. The molecule has 0 amide bonds. The van der Waals surface area contributed by atoms with Crippen molar-refractivity contribution in [1.29, 1.82) is 0 Å². The van der Waals surface area contributed by atoms with Crippen molar-refractivity contribution in [3.8, 4) is 34.2 Å². The molecule has 0 spiro atoms. The molecule has 182 valence electrons. The van der Waals surface area contributed by atoms with Crippen LogP contribution in [0, 0.1) is 0 Å². The lowest BCUT2D eigenvalue weighted by Crippen LogP contribution is -2.18. The van der Waals surface area contributed by atoms with Gasteiger partial charge in [0.25, 0.3) is 5.56 Å². The van der Waals surface area contributed by atoms with Crippen LogP contribution in [0.1, 0.15) is 43.9 Å². The monoisotopic (exact) mass is 511 g/mol. The van der Waals surface area contributed by atoms with Gasteiger partial charge in [-0.25, -0.2) is 9.67 Å². The SMILES string of the molecule is CC(C)c1c2c(=O)nc(-c3ccc(CN4CCCC4)c(O)c3)nc-2n(-c2c(Cl)cccc2Cl)n1C. The molecule has 0 bridgehead atoms. The summed E-state index contributed by atoms with van der Waals surface area (Å²) in [5.41, 5.74) is 2.79. The molecule has 5 rings (SSSR count). The smallest absolute Gasteiger partial charge is 0.284 e. The molecule has 1 fully saturated rings. The zero-order valence-corrected chi connectivity index (χ0v) is 21.4. The van der Waals surface area contributed by atoms with Crippen LogP contribution in [-0.2, 0) is 13.6 Å². The molecule has 9 heteroatoms. The van der Waals surface area contributed by atoms with E-state index in [9.17, 15) is 9.90 Å². The molecule has 0 unspecified atom stereocenters. The van der Waals surface area contributed by atoms with Gasteiger partial charge in [0.15, 0.2) is 11.6 Å². The first-order chi connectivity index (χ1) is 16.8. The van der Waals surface area contributed by atoms with Gasteiger partial charge in [0.05, 0.1) is 15.7 Å². The number of rotatable bonds is 5. The molecule has 1 saturated heterocycles. The van der Waals surface area contributed by atoms with E-state index in [1.807, 2.05) is 37.7 Å². The van der Waals surface area contributed by atoms with Gasteiger partial charge in [-0.05, 0) is 50.0 Å². The summed E-state index contributed by atoms with van der Waals surface area (Å²) >= 11 is 13.1. The second-order valence-corrected chi connectivity index (χ2v) is 10.1. The Morgan fingerprint density at radius 1 is 1.06 bits per heavy atom. The fourth-order valence-corrected chi connectivity index (χ4v) is 5.53. The lowest BCUT2D eigenvalue weighted by atomic mass is 10.0. The predicted octanol–water partition coefficient (Wildman–Crippen LogP) is 5.47. The summed E-state index contributed by atoms with van der Waals surface area (Å²) in [5, 5.41) is 11.6. The Kier molecular flexibility index (Phi) is 6.34. The Labute approximate surface area is 213 Å². The number of benzene rings is 2. The number of fused-ring (bicyclic) bond motifs is 1. The number of hydrogen-bond acceptors (Lipinski definition) is 5. The van der Waals surface area contributed by atoms with Crippen molar-refractivity contribution in [3.05, 3.63) is 68.1 Å². The highest BCUT2D eigenvalue weighted by atomic mass is 35.5. The lowest BCUT2D eigenvalue weighted by Gasteiger charge is -2.16. The Balaban J connectivity index is 1.68. The largest absolute Gasteiger partial charge is 0.508 e. The van der Waals surface area contributed by atoms with E-state index in [4.69, 9.17) is 28.2 Å². The topological polar surface area (TPSA) is 76.2 Å². The molecule has 0 aromatic heterocycles. The third-order valence-electron chi connectivity index (χ3n) is 6.59. The Morgan fingerprint density at radius 2 is 1.74 bits per heavy atom. The highest BCUT2D eigenvalue weighted by molar-refractivity contribution is 6.37.